The fourth-order valence-corrected chi connectivity index (χ4v) is 2.06. The van der Waals surface area contributed by atoms with Gasteiger partial charge >= 0.3 is 6.36 Å². The summed E-state index contributed by atoms with van der Waals surface area (Å²) in [5, 5.41) is 0. The molecule has 0 aliphatic rings. The summed E-state index contributed by atoms with van der Waals surface area (Å²) in [5.74, 6) is -0.482. The summed E-state index contributed by atoms with van der Waals surface area (Å²) in [6, 6.07) is 1.13. The molecule has 3 nitrogen and oxygen atoms in total. The zero-order valence-electron chi connectivity index (χ0n) is 7.94. The third-order valence-electron chi connectivity index (χ3n) is 1.54. The number of alkyl halides is 4. The minimum Gasteiger partial charge on any atom is -0.480 e. The first-order chi connectivity index (χ1) is 7.37. The van der Waals surface area contributed by atoms with E-state index in [-0.39, 0.29) is 11.8 Å². The van der Waals surface area contributed by atoms with Crippen molar-refractivity contribution in [1.29, 1.82) is 0 Å². The van der Waals surface area contributed by atoms with Gasteiger partial charge in [-0.05, 0) is 28.2 Å². The van der Waals surface area contributed by atoms with Gasteiger partial charge in [-0.3, -0.25) is 0 Å². The molecule has 0 aliphatic heterocycles. The van der Waals surface area contributed by atoms with E-state index in [1.165, 1.54) is 7.11 Å². The molecule has 90 valence electrons. The summed E-state index contributed by atoms with van der Waals surface area (Å²) in [6.07, 6.45) is -4.78. The molecule has 0 aliphatic carbocycles. The maximum Gasteiger partial charge on any atom is 0.574 e. The highest BCUT2D eigenvalue weighted by atomic mass is 127. The summed E-state index contributed by atoms with van der Waals surface area (Å²) in [4.78, 5) is 3.55. The van der Waals surface area contributed by atoms with Gasteiger partial charge in [0.25, 0.3) is 0 Å². The van der Waals surface area contributed by atoms with E-state index in [4.69, 9.17) is 16.3 Å². The molecule has 1 aromatic rings. The molecule has 0 amide bonds. The number of nitrogens with zero attached hydrogens (tertiary/aromatic N) is 1. The third-order valence-corrected chi connectivity index (χ3v) is 2.98. The molecule has 1 aromatic heterocycles. The van der Waals surface area contributed by atoms with Crippen LogP contribution in [0.25, 0.3) is 0 Å². The molecule has 0 N–H and O–H groups in total. The van der Waals surface area contributed by atoms with Gasteiger partial charge in [0, 0.05) is 11.9 Å². The Kier molecular flexibility index (Phi) is 4.48. The molecule has 1 heterocycles. The van der Waals surface area contributed by atoms with Crippen molar-refractivity contribution >= 4 is 34.2 Å². The highest BCUT2D eigenvalue weighted by Crippen LogP contribution is 2.30. The predicted octanol–water partition coefficient (Wildman–Crippen LogP) is 3.33. The Morgan fingerprint density at radius 1 is 1.50 bits per heavy atom. The Bertz CT molecular complexity index is 361. The van der Waals surface area contributed by atoms with Crippen molar-refractivity contribution in [1.82, 2.24) is 4.98 Å². The van der Waals surface area contributed by atoms with E-state index in [9.17, 15) is 13.2 Å². The summed E-state index contributed by atoms with van der Waals surface area (Å²) < 4.78 is 45.0. The van der Waals surface area contributed by atoms with E-state index >= 15 is 0 Å². The normalized spacial score (nSPS) is 11.4. The smallest absolute Gasteiger partial charge is 0.480 e. The molecule has 8 heteroatoms. The number of pyridine rings is 1. The van der Waals surface area contributed by atoms with Crippen LogP contribution >= 0.6 is 34.2 Å². The SMILES string of the molecule is COc1nc(OC(F)(F)F)cc(CCl)c1I. The molecule has 0 bridgehead atoms. The van der Waals surface area contributed by atoms with Gasteiger partial charge in [-0.25, -0.2) is 0 Å². The average Bonchev–Trinajstić information content (AvgIpc) is 2.18. The van der Waals surface area contributed by atoms with E-state index in [0.29, 0.717) is 9.13 Å². The lowest BCUT2D eigenvalue weighted by molar-refractivity contribution is -0.276. The largest absolute Gasteiger partial charge is 0.574 e. The number of hydrogen-bond donors (Lipinski definition) is 0. The average molecular weight is 367 g/mol. The van der Waals surface area contributed by atoms with E-state index in [1.807, 2.05) is 22.6 Å². The standard InChI is InChI=1S/C8H6ClF3INO2/c1-15-7-6(13)4(3-9)2-5(14-7)16-8(10,11)12/h2H,3H2,1H3. The first-order valence-electron chi connectivity index (χ1n) is 3.92. The van der Waals surface area contributed by atoms with Crippen LogP contribution in [0.4, 0.5) is 13.2 Å². The van der Waals surface area contributed by atoms with Gasteiger partial charge < -0.3 is 9.47 Å². The topological polar surface area (TPSA) is 31.4 Å². The summed E-state index contributed by atoms with van der Waals surface area (Å²) >= 11 is 7.47. The lowest BCUT2D eigenvalue weighted by atomic mass is 10.3. The maximum atomic E-state index is 12.0. The fourth-order valence-electron chi connectivity index (χ4n) is 0.935. The molecule has 1 rings (SSSR count). The molecule has 0 saturated heterocycles. The highest BCUT2D eigenvalue weighted by molar-refractivity contribution is 14.1. The monoisotopic (exact) mass is 367 g/mol. The molecule has 0 aromatic carbocycles. The van der Waals surface area contributed by atoms with Crippen molar-refractivity contribution in [2.24, 2.45) is 0 Å². The second-order valence-corrected chi connectivity index (χ2v) is 3.97. The van der Waals surface area contributed by atoms with Gasteiger partial charge in [-0.2, -0.15) is 4.98 Å². The summed E-state index contributed by atoms with van der Waals surface area (Å²) in [6.45, 7) is 0. The molecule has 0 radical (unpaired) electrons. The lowest BCUT2D eigenvalue weighted by Gasteiger charge is -2.11. The predicted molar refractivity (Wildman–Crippen MR) is 59.7 cm³/mol. The fraction of sp³-hybridized carbons (Fsp3) is 0.375. The second-order valence-electron chi connectivity index (χ2n) is 2.62. The summed E-state index contributed by atoms with van der Waals surface area (Å²) in [5.41, 5.74) is 0.466. The van der Waals surface area contributed by atoms with Crippen LogP contribution in [0, 0.1) is 3.57 Å². The Morgan fingerprint density at radius 3 is 2.56 bits per heavy atom. The third kappa shape index (κ3) is 3.55. The van der Waals surface area contributed by atoms with Crippen LogP contribution in [-0.2, 0) is 5.88 Å². The Hall–Kier alpha value is -0.440. The van der Waals surface area contributed by atoms with Crippen LogP contribution in [-0.4, -0.2) is 18.5 Å². The number of ether oxygens (including phenoxy) is 2. The molecule has 0 saturated carbocycles. The quantitative estimate of drug-likeness (QED) is 0.607. The summed E-state index contributed by atoms with van der Waals surface area (Å²) in [7, 11) is 1.31. The van der Waals surface area contributed by atoms with E-state index in [2.05, 4.69) is 9.72 Å². The van der Waals surface area contributed by atoms with Gasteiger partial charge in [0.15, 0.2) is 0 Å². The van der Waals surface area contributed by atoms with Crippen LogP contribution in [0.2, 0.25) is 0 Å². The van der Waals surface area contributed by atoms with Crippen molar-refractivity contribution in [2.45, 2.75) is 12.2 Å². The minimum absolute atomic E-state index is 0.0470. The molecule has 0 atom stereocenters. The number of aromatic nitrogens is 1. The van der Waals surface area contributed by atoms with Crippen LogP contribution in [0.15, 0.2) is 6.07 Å². The molecule has 0 unspecified atom stereocenters. The van der Waals surface area contributed by atoms with Gasteiger partial charge in [0.1, 0.15) is 0 Å². The van der Waals surface area contributed by atoms with E-state index < -0.39 is 12.2 Å². The number of halogens is 5. The zero-order valence-corrected chi connectivity index (χ0v) is 10.9. The number of hydrogen-bond acceptors (Lipinski definition) is 3. The van der Waals surface area contributed by atoms with Crippen LogP contribution in [0.3, 0.4) is 0 Å². The van der Waals surface area contributed by atoms with Gasteiger partial charge in [-0.15, -0.1) is 24.8 Å². The van der Waals surface area contributed by atoms with Gasteiger partial charge in [0.2, 0.25) is 11.8 Å². The zero-order chi connectivity index (χ0) is 12.3. The lowest BCUT2D eigenvalue weighted by Crippen LogP contribution is -2.18. The van der Waals surface area contributed by atoms with Crippen molar-refractivity contribution < 1.29 is 22.6 Å². The highest BCUT2D eigenvalue weighted by Gasteiger charge is 2.32. The molecular weight excluding hydrogens is 361 g/mol. The van der Waals surface area contributed by atoms with Crippen molar-refractivity contribution in [2.75, 3.05) is 7.11 Å². The molecule has 0 spiro atoms. The van der Waals surface area contributed by atoms with Gasteiger partial charge in [0.05, 0.1) is 10.7 Å². The maximum absolute atomic E-state index is 12.0. The first-order valence-corrected chi connectivity index (χ1v) is 5.54. The van der Waals surface area contributed by atoms with Crippen molar-refractivity contribution in [3.05, 3.63) is 15.2 Å². The molecule has 0 fully saturated rings. The van der Waals surface area contributed by atoms with Crippen molar-refractivity contribution in [3.8, 4) is 11.8 Å². The Morgan fingerprint density at radius 2 is 2.12 bits per heavy atom. The second kappa shape index (κ2) is 5.26. The first kappa shape index (κ1) is 13.6. The molecular formula is C8H6ClF3INO2. The van der Waals surface area contributed by atoms with E-state index in [0.717, 1.165) is 6.07 Å². The number of rotatable bonds is 3. The Labute approximate surface area is 108 Å². The van der Waals surface area contributed by atoms with Crippen LogP contribution in [0.1, 0.15) is 5.56 Å². The van der Waals surface area contributed by atoms with Crippen LogP contribution < -0.4 is 9.47 Å². The number of methoxy groups -OCH3 is 1. The van der Waals surface area contributed by atoms with Crippen molar-refractivity contribution in [3.63, 3.8) is 0 Å². The molecule has 16 heavy (non-hydrogen) atoms. The van der Waals surface area contributed by atoms with E-state index in [1.54, 1.807) is 0 Å². The minimum atomic E-state index is -4.78. The van der Waals surface area contributed by atoms with Crippen LogP contribution in [0.5, 0.6) is 11.8 Å². The van der Waals surface area contributed by atoms with Gasteiger partial charge in [-0.1, -0.05) is 0 Å². The Balaban J connectivity index is 3.12.